The Hall–Kier alpha value is -1.62. The third-order valence-electron chi connectivity index (χ3n) is 3.95. The van der Waals surface area contributed by atoms with Crippen LogP contribution in [0.5, 0.6) is 0 Å². The number of imidazole rings is 1. The second-order valence-electron chi connectivity index (χ2n) is 5.28. The van der Waals surface area contributed by atoms with E-state index in [9.17, 15) is 0 Å². The standard InChI is InChI=1S/C14H21N5/c1-3-18(11-4-5-11)8-9-19-13-12(17-14(19)15)10(2)6-7-16-13/h6-7,11H,3-5,8-9H2,1-2H3,(H2,15,17). The number of rotatable bonds is 5. The fraction of sp³-hybridized carbons (Fsp3) is 0.571. The zero-order chi connectivity index (χ0) is 13.4. The van der Waals surface area contributed by atoms with E-state index in [0.29, 0.717) is 5.95 Å². The fourth-order valence-corrected chi connectivity index (χ4v) is 2.64. The Balaban J connectivity index is 1.84. The summed E-state index contributed by atoms with van der Waals surface area (Å²) >= 11 is 0. The number of hydrogen-bond donors (Lipinski definition) is 1. The molecule has 0 aromatic carbocycles. The van der Waals surface area contributed by atoms with Crippen LogP contribution in [0.15, 0.2) is 12.3 Å². The van der Waals surface area contributed by atoms with Gasteiger partial charge in [-0.1, -0.05) is 6.92 Å². The number of hydrogen-bond acceptors (Lipinski definition) is 4. The summed E-state index contributed by atoms with van der Waals surface area (Å²) < 4.78 is 2.04. The van der Waals surface area contributed by atoms with Crippen molar-refractivity contribution in [2.45, 2.75) is 39.3 Å². The van der Waals surface area contributed by atoms with E-state index in [1.165, 1.54) is 12.8 Å². The van der Waals surface area contributed by atoms with Crippen molar-refractivity contribution in [3.8, 4) is 0 Å². The molecule has 0 saturated heterocycles. The first-order chi connectivity index (χ1) is 9.20. The number of nitrogen functional groups attached to an aromatic ring is 1. The lowest BCUT2D eigenvalue weighted by molar-refractivity contribution is 0.267. The van der Waals surface area contributed by atoms with Gasteiger partial charge in [0.25, 0.3) is 0 Å². The Morgan fingerprint density at radius 2 is 2.26 bits per heavy atom. The van der Waals surface area contributed by atoms with Gasteiger partial charge in [-0.3, -0.25) is 9.47 Å². The molecule has 0 unspecified atom stereocenters. The summed E-state index contributed by atoms with van der Waals surface area (Å²) in [6, 6.07) is 2.76. The number of likely N-dealkylation sites (N-methyl/N-ethyl adjacent to an activating group) is 1. The molecule has 1 aliphatic rings. The minimum absolute atomic E-state index is 0.573. The predicted molar refractivity (Wildman–Crippen MR) is 76.9 cm³/mol. The molecule has 2 aromatic heterocycles. The Morgan fingerprint density at radius 1 is 1.47 bits per heavy atom. The van der Waals surface area contributed by atoms with Crippen molar-refractivity contribution in [2.24, 2.45) is 0 Å². The Kier molecular flexibility index (Phi) is 3.14. The molecule has 1 fully saturated rings. The molecule has 19 heavy (non-hydrogen) atoms. The van der Waals surface area contributed by atoms with Gasteiger partial charge in [0, 0.05) is 25.3 Å². The predicted octanol–water partition coefficient (Wildman–Crippen LogP) is 1.81. The molecule has 1 aliphatic carbocycles. The van der Waals surface area contributed by atoms with Gasteiger partial charge < -0.3 is 5.73 Å². The molecule has 5 heteroatoms. The van der Waals surface area contributed by atoms with Crippen molar-refractivity contribution < 1.29 is 0 Å². The highest BCUT2D eigenvalue weighted by Crippen LogP contribution is 2.26. The first kappa shape index (κ1) is 12.4. The molecule has 0 spiro atoms. The van der Waals surface area contributed by atoms with Crippen molar-refractivity contribution in [2.75, 3.05) is 18.8 Å². The SMILES string of the molecule is CCN(CCn1c(N)nc2c(C)ccnc21)C1CC1. The van der Waals surface area contributed by atoms with E-state index < -0.39 is 0 Å². The van der Waals surface area contributed by atoms with Gasteiger partial charge in [-0.2, -0.15) is 0 Å². The van der Waals surface area contributed by atoms with E-state index in [1.54, 1.807) is 0 Å². The van der Waals surface area contributed by atoms with Gasteiger partial charge in [0.2, 0.25) is 5.95 Å². The second kappa shape index (κ2) is 4.81. The highest BCUT2D eigenvalue weighted by molar-refractivity contribution is 5.77. The molecular weight excluding hydrogens is 238 g/mol. The summed E-state index contributed by atoms with van der Waals surface area (Å²) in [5.41, 5.74) is 9.00. The number of aryl methyl sites for hydroxylation is 1. The van der Waals surface area contributed by atoms with Gasteiger partial charge in [-0.05, 0) is 37.9 Å². The van der Waals surface area contributed by atoms with Gasteiger partial charge in [-0.25, -0.2) is 9.97 Å². The number of pyridine rings is 1. The lowest BCUT2D eigenvalue weighted by Gasteiger charge is -2.20. The van der Waals surface area contributed by atoms with E-state index in [-0.39, 0.29) is 0 Å². The van der Waals surface area contributed by atoms with Gasteiger partial charge in [0.1, 0.15) is 5.52 Å². The first-order valence-corrected chi connectivity index (χ1v) is 7.02. The van der Waals surface area contributed by atoms with Gasteiger partial charge in [0.15, 0.2) is 5.65 Å². The smallest absolute Gasteiger partial charge is 0.202 e. The van der Waals surface area contributed by atoms with Gasteiger partial charge in [0.05, 0.1) is 0 Å². The quantitative estimate of drug-likeness (QED) is 0.889. The maximum absolute atomic E-state index is 6.03. The fourth-order valence-electron chi connectivity index (χ4n) is 2.64. The normalized spacial score (nSPS) is 15.5. The van der Waals surface area contributed by atoms with Crippen molar-refractivity contribution >= 4 is 17.1 Å². The van der Waals surface area contributed by atoms with Gasteiger partial charge in [-0.15, -0.1) is 0 Å². The van der Waals surface area contributed by atoms with E-state index in [1.807, 2.05) is 23.8 Å². The van der Waals surface area contributed by atoms with Crippen molar-refractivity contribution in [1.82, 2.24) is 19.4 Å². The molecule has 1 saturated carbocycles. The van der Waals surface area contributed by atoms with E-state index >= 15 is 0 Å². The summed E-state index contributed by atoms with van der Waals surface area (Å²) in [6.07, 6.45) is 4.50. The average molecular weight is 259 g/mol. The minimum Gasteiger partial charge on any atom is -0.369 e. The van der Waals surface area contributed by atoms with E-state index in [4.69, 9.17) is 5.73 Å². The lowest BCUT2D eigenvalue weighted by Crippen LogP contribution is -2.29. The molecule has 2 heterocycles. The number of aromatic nitrogens is 3. The number of nitrogens with zero attached hydrogens (tertiary/aromatic N) is 4. The van der Waals surface area contributed by atoms with Crippen molar-refractivity contribution in [1.29, 1.82) is 0 Å². The summed E-state index contributed by atoms with van der Waals surface area (Å²) in [5, 5.41) is 0. The number of anilines is 1. The highest BCUT2D eigenvalue weighted by atomic mass is 15.2. The van der Waals surface area contributed by atoms with Crippen LogP contribution in [0.25, 0.3) is 11.2 Å². The number of fused-ring (bicyclic) bond motifs is 1. The van der Waals surface area contributed by atoms with Crippen LogP contribution in [0.4, 0.5) is 5.95 Å². The van der Waals surface area contributed by atoms with Crippen LogP contribution in [0.1, 0.15) is 25.3 Å². The Labute approximate surface area is 113 Å². The summed E-state index contributed by atoms with van der Waals surface area (Å²) in [4.78, 5) is 11.4. The van der Waals surface area contributed by atoms with E-state index in [2.05, 4.69) is 21.8 Å². The van der Waals surface area contributed by atoms with E-state index in [0.717, 1.165) is 42.4 Å². The lowest BCUT2D eigenvalue weighted by atomic mass is 10.3. The maximum Gasteiger partial charge on any atom is 0.202 e. The van der Waals surface area contributed by atoms with Crippen LogP contribution >= 0.6 is 0 Å². The van der Waals surface area contributed by atoms with Crippen molar-refractivity contribution in [3.63, 3.8) is 0 Å². The molecule has 0 bridgehead atoms. The molecule has 0 aliphatic heterocycles. The molecule has 102 valence electrons. The molecule has 2 aromatic rings. The van der Waals surface area contributed by atoms with Crippen LogP contribution in [-0.4, -0.2) is 38.6 Å². The third-order valence-corrected chi connectivity index (χ3v) is 3.95. The molecule has 0 radical (unpaired) electrons. The summed E-state index contributed by atoms with van der Waals surface area (Å²) in [5.74, 6) is 0.573. The van der Waals surface area contributed by atoms with Crippen LogP contribution in [0, 0.1) is 6.92 Å². The Morgan fingerprint density at radius 3 is 2.95 bits per heavy atom. The topological polar surface area (TPSA) is 60.0 Å². The molecule has 0 atom stereocenters. The van der Waals surface area contributed by atoms with Crippen LogP contribution in [-0.2, 0) is 6.54 Å². The molecule has 2 N–H and O–H groups in total. The molecule has 5 nitrogen and oxygen atoms in total. The van der Waals surface area contributed by atoms with Gasteiger partial charge >= 0.3 is 0 Å². The average Bonchev–Trinajstić information content (AvgIpc) is 3.17. The molecular formula is C14H21N5. The van der Waals surface area contributed by atoms with Crippen LogP contribution < -0.4 is 5.73 Å². The zero-order valence-electron chi connectivity index (χ0n) is 11.6. The summed E-state index contributed by atoms with van der Waals surface area (Å²) in [6.45, 7) is 7.25. The first-order valence-electron chi connectivity index (χ1n) is 7.02. The van der Waals surface area contributed by atoms with Crippen LogP contribution in [0.2, 0.25) is 0 Å². The van der Waals surface area contributed by atoms with Crippen molar-refractivity contribution in [3.05, 3.63) is 17.8 Å². The van der Waals surface area contributed by atoms with Crippen LogP contribution in [0.3, 0.4) is 0 Å². The highest BCUT2D eigenvalue weighted by Gasteiger charge is 2.27. The monoisotopic (exact) mass is 259 g/mol. The number of nitrogens with two attached hydrogens (primary N) is 1. The second-order valence-corrected chi connectivity index (χ2v) is 5.28. The zero-order valence-corrected chi connectivity index (χ0v) is 11.6. The largest absolute Gasteiger partial charge is 0.369 e. The third kappa shape index (κ3) is 2.30. The minimum atomic E-state index is 0.573. The Bertz CT molecular complexity index is 585. The maximum atomic E-state index is 6.03. The summed E-state index contributed by atoms with van der Waals surface area (Å²) in [7, 11) is 0. The molecule has 0 amide bonds. The molecule has 3 rings (SSSR count).